The maximum absolute atomic E-state index is 4.44. The van der Waals surface area contributed by atoms with Crippen molar-refractivity contribution < 1.29 is 0 Å². The van der Waals surface area contributed by atoms with Gasteiger partial charge in [-0.3, -0.25) is 4.98 Å². The second-order valence-electron chi connectivity index (χ2n) is 6.11. The van der Waals surface area contributed by atoms with Gasteiger partial charge in [-0.1, -0.05) is 13.8 Å². The van der Waals surface area contributed by atoms with Crippen molar-refractivity contribution in [3.8, 4) is 0 Å². The number of hydrogen-bond acceptors (Lipinski definition) is 3. The van der Waals surface area contributed by atoms with E-state index >= 15 is 0 Å². The lowest BCUT2D eigenvalue weighted by Gasteiger charge is -2.33. The van der Waals surface area contributed by atoms with Gasteiger partial charge in [0.15, 0.2) is 0 Å². The lowest BCUT2D eigenvalue weighted by atomic mass is 10.0. The fraction of sp³-hybridized carbons (Fsp3) is 0.667. The van der Waals surface area contributed by atoms with E-state index in [1.165, 1.54) is 18.5 Å². The third-order valence-electron chi connectivity index (χ3n) is 3.70. The van der Waals surface area contributed by atoms with Gasteiger partial charge >= 0.3 is 0 Å². The topological polar surface area (TPSA) is 28.2 Å². The van der Waals surface area contributed by atoms with Crippen LogP contribution in [0.3, 0.4) is 0 Å². The van der Waals surface area contributed by atoms with Gasteiger partial charge in [0.05, 0.1) is 5.69 Å². The van der Waals surface area contributed by atoms with Crippen molar-refractivity contribution in [2.75, 3.05) is 11.4 Å². The summed E-state index contributed by atoms with van der Waals surface area (Å²) in [5, 5.41) is 3.42. The molecule has 2 rings (SSSR count). The van der Waals surface area contributed by atoms with Crippen molar-refractivity contribution in [3.05, 3.63) is 24.0 Å². The first kappa shape index (κ1) is 13.3. The smallest absolute Gasteiger partial charge is 0.0562 e. The number of aromatic nitrogens is 1. The summed E-state index contributed by atoms with van der Waals surface area (Å²) in [5.74, 6) is 0. The van der Waals surface area contributed by atoms with Crippen LogP contribution in [0.4, 0.5) is 5.69 Å². The molecular formula is C15H25N3. The summed E-state index contributed by atoms with van der Waals surface area (Å²) < 4.78 is 0. The predicted octanol–water partition coefficient (Wildman–Crippen LogP) is 2.96. The van der Waals surface area contributed by atoms with Gasteiger partial charge in [0.1, 0.15) is 0 Å². The minimum Gasteiger partial charge on any atom is -0.366 e. The van der Waals surface area contributed by atoms with Crippen molar-refractivity contribution in [3.63, 3.8) is 0 Å². The Hall–Kier alpha value is -1.09. The molecule has 1 aliphatic rings. The van der Waals surface area contributed by atoms with E-state index in [0.717, 1.165) is 18.8 Å². The molecule has 1 N–H and O–H groups in total. The molecule has 0 atom stereocenters. The fourth-order valence-corrected chi connectivity index (χ4v) is 2.62. The second kappa shape index (κ2) is 5.27. The maximum Gasteiger partial charge on any atom is 0.0562 e. The second-order valence-corrected chi connectivity index (χ2v) is 6.11. The normalized spacial score (nSPS) is 18.6. The van der Waals surface area contributed by atoms with Gasteiger partial charge in [0.2, 0.25) is 0 Å². The van der Waals surface area contributed by atoms with Crippen molar-refractivity contribution in [2.45, 2.75) is 58.7 Å². The van der Waals surface area contributed by atoms with Crippen LogP contribution in [0.25, 0.3) is 0 Å². The van der Waals surface area contributed by atoms with Gasteiger partial charge in [-0.25, -0.2) is 0 Å². The molecule has 1 fully saturated rings. The van der Waals surface area contributed by atoms with E-state index in [1.54, 1.807) is 0 Å². The monoisotopic (exact) mass is 247 g/mol. The van der Waals surface area contributed by atoms with E-state index < -0.39 is 0 Å². The highest BCUT2D eigenvalue weighted by atomic mass is 15.2. The van der Waals surface area contributed by atoms with Crippen molar-refractivity contribution in [2.24, 2.45) is 0 Å². The number of nitrogens with zero attached hydrogens (tertiary/aromatic N) is 2. The first-order chi connectivity index (χ1) is 8.49. The Bertz CT molecular complexity index is 398. The molecule has 0 saturated carbocycles. The zero-order valence-corrected chi connectivity index (χ0v) is 12.0. The highest BCUT2D eigenvalue weighted by Crippen LogP contribution is 2.33. The number of anilines is 1. The van der Waals surface area contributed by atoms with Gasteiger partial charge in [-0.2, -0.15) is 0 Å². The Morgan fingerprint density at radius 3 is 2.83 bits per heavy atom. The molecule has 0 unspecified atom stereocenters. The van der Waals surface area contributed by atoms with E-state index in [2.05, 4.69) is 55.0 Å². The molecule has 0 aromatic carbocycles. The molecule has 0 spiro atoms. The Kier molecular flexibility index (Phi) is 3.91. The van der Waals surface area contributed by atoms with Gasteiger partial charge in [0, 0.05) is 36.6 Å². The molecule has 0 radical (unpaired) electrons. The Labute approximate surface area is 111 Å². The van der Waals surface area contributed by atoms with Gasteiger partial charge in [0.25, 0.3) is 0 Å². The van der Waals surface area contributed by atoms with Crippen LogP contribution < -0.4 is 10.2 Å². The number of nitrogens with one attached hydrogen (secondary N) is 1. The Morgan fingerprint density at radius 1 is 1.44 bits per heavy atom. The Morgan fingerprint density at radius 2 is 2.22 bits per heavy atom. The van der Waals surface area contributed by atoms with Crippen molar-refractivity contribution in [1.82, 2.24) is 10.3 Å². The average Bonchev–Trinajstić information content (AvgIpc) is 2.67. The van der Waals surface area contributed by atoms with E-state index in [4.69, 9.17) is 0 Å². The first-order valence-corrected chi connectivity index (χ1v) is 6.95. The van der Waals surface area contributed by atoms with Crippen molar-refractivity contribution in [1.29, 1.82) is 0 Å². The Balaban J connectivity index is 2.12. The summed E-state index contributed by atoms with van der Waals surface area (Å²) in [7, 11) is 0. The van der Waals surface area contributed by atoms with Crippen LogP contribution in [0.2, 0.25) is 0 Å². The highest BCUT2D eigenvalue weighted by molar-refractivity contribution is 5.50. The molecule has 100 valence electrons. The lowest BCUT2D eigenvalue weighted by Crippen LogP contribution is -2.38. The average molecular weight is 247 g/mol. The molecule has 0 amide bonds. The van der Waals surface area contributed by atoms with Crippen LogP contribution in [0.5, 0.6) is 0 Å². The van der Waals surface area contributed by atoms with Gasteiger partial charge < -0.3 is 10.2 Å². The molecule has 1 aromatic heterocycles. The molecule has 1 aliphatic heterocycles. The third-order valence-corrected chi connectivity index (χ3v) is 3.70. The number of pyridine rings is 1. The third kappa shape index (κ3) is 3.02. The van der Waals surface area contributed by atoms with Crippen LogP contribution in [-0.4, -0.2) is 23.1 Å². The minimum atomic E-state index is 0.282. The summed E-state index contributed by atoms with van der Waals surface area (Å²) in [4.78, 5) is 6.95. The van der Waals surface area contributed by atoms with Crippen LogP contribution in [0, 0.1) is 0 Å². The SMILES string of the molecule is CC(C)NCc1cc(N2CCCC2(C)C)ccn1. The molecule has 3 nitrogen and oxygen atoms in total. The molecule has 3 heteroatoms. The molecule has 1 aromatic rings. The van der Waals surface area contributed by atoms with Crippen LogP contribution in [-0.2, 0) is 6.54 Å². The lowest BCUT2D eigenvalue weighted by molar-refractivity contribution is 0.517. The summed E-state index contributed by atoms with van der Waals surface area (Å²) >= 11 is 0. The summed E-state index contributed by atoms with van der Waals surface area (Å²) in [6.07, 6.45) is 4.49. The zero-order chi connectivity index (χ0) is 13.2. The molecule has 2 heterocycles. The van der Waals surface area contributed by atoms with Crippen LogP contribution >= 0.6 is 0 Å². The van der Waals surface area contributed by atoms with Crippen LogP contribution in [0.15, 0.2) is 18.3 Å². The van der Waals surface area contributed by atoms with Gasteiger partial charge in [-0.15, -0.1) is 0 Å². The standard InChI is InChI=1S/C15H25N3/c1-12(2)17-11-13-10-14(6-8-16-13)18-9-5-7-15(18,3)4/h6,8,10,12,17H,5,7,9,11H2,1-4H3. The number of hydrogen-bond donors (Lipinski definition) is 1. The van der Waals surface area contributed by atoms with E-state index in [1.807, 2.05) is 6.20 Å². The predicted molar refractivity (Wildman–Crippen MR) is 76.9 cm³/mol. The molecule has 18 heavy (non-hydrogen) atoms. The molecular weight excluding hydrogens is 222 g/mol. The largest absolute Gasteiger partial charge is 0.366 e. The van der Waals surface area contributed by atoms with E-state index in [-0.39, 0.29) is 5.54 Å². The van der Waals surface area contributed by atoms with Gasteiger partial charge in [-0.05, 0) is 38.8 Å². The van der Waals surface area contributed by atoms with Crippen LogP contribution in [0.1, 0.15) is 46.2 Å². The summed E-state index contributed by atoms with van der Waals surface area (Å²) in [6.45, 7) is 11.0. The molecule has 0 bridgehead atoms. The minimum absolute atomic E-state index is 0.282. The summed E-state index contributed by atoms with van der Waals surface area (Å²) in [6, 6.07) is 4.85. The highest BCUT2D eigenvalue weighted by Gasteiger charge is 2.31. The molecule has 1 saturated heterocycles. The first-order valence-electron chi connectivity index (χ1n) is 6.95. The van der Waals surface area contributed by atoms with Crippen molar-refractivity contribution >= 4 is 5.69 Å². The van der Waals surface area contributed by atoms with E-state index in [9.17, 15) is 0 Å². The van der Waals surface area contributed by atoms with E-state index in [0.29, 0.717) is 6.04 Å². The maximum atomic E-state index is 4.44. The number of rotatable bonds is 4. The fourth-order valence-electron chi connectivity index (χ4n) is 2.62. The molecule has 0 aliphatic carbocycles. The zero-order valence-electron chi connectivity index (χ0n) is 12.0. The summed E-state index contributed by atoms with van der Waals surface area (Å²) in [5.41, 5.74) is 2.72. The quantitative estimate of drug-likeness (QED) is 0.886.